The summed E-state index contributed by atoms with van der Waals surface area (Å²) in [5.74, 6) is -0.795. The largest absolute Gasteiger partial charge is 0.468 e. The second-order valence-electron chi connectivity index (χ2n) is 11.6. The number of nitrogen functional groups attached to an aromatic ring is 1. The van der Waals surface area contributed by atoms with E-state index in [9.17, 15) is 9.59 Å². The minimum Gasteiger partial charge on any atom is -0.468 e. The van der Waals surface area contributed by atoms with Gasteiger partial charge in [0.1, 0.15) is 5.92 Å². The molecule has 4 aromatic carbocycles. The van der Waals surface area contributed by atoms with Crippen LogP contribution in [0.4, 0.5) is 11.4 Å². The molecule has 3 aliphatic rings. The fourth-order valence-electron chi connectivity index (χ4n) is 6.61. The zero-order valence-electron chi connectivity index (χ0n) is 25.6. The predicted molar refractivity (Wildman–Crippen MR) is 183 cm³/mol. The minimum absolute atomic E-state index is 0.0174. The Kier molecular flexibility index (Phi) is 8.46. The molecular formula is C39H35ClN2O3. The van der Waals surface area contributed by atoms with Crippen molar-refractivity contribution in [3.63, 3.8) is 0 Å². The van der Waals surface area contributed by atoms with E-state index in [0.29, 0.717) is 16.3 Å². The molecule has 0 saturated carbocycles. The molecule has 1 aliphatic heterocycles. The van der Waals surface area contributed by atoms with Crippen molar-refractivity contribution in [1.29, 1.82) is 0 Å². The summed E-state index contributed by atoms with van der Waals surface area (Å²) >= 11 is 6.50. The number of fused-ring (bicyclic) bond motifs is 5. The number of benzene rings is 4. The van der Waals surface area contributed by atoms with Crippen LogP contribution in [0.2, 0.25) is 5.02 Å². The number of aryl methyl sites for hydroxylation is 1. The Labute approximate surface area is 267 Å². The average Bonchev–Trinajstić information content (AvgIpc) is 3.30. The highest BCUT2D eigenvalue weighted by molar-refractivity contribution is 6.30. The van der Waals surface area contributed by atoms with Crippen LogP contribution in [0.25, 0.3) is 17.7 Å². The van der Waals surface area contributed by atoms with Crippen molar-refractivity contribution in [3.05, 3.63) is 145 Å². The number of rotatable bonds is 3. The number of ether oxygens (including phenoxy) is 1. The Balaban J connectivity index is 0.000000272. The second kappa shape index (κ2) is 12.6. The fourth-order valence-corrected chi connectivity index (χ4v) is 6.85. The third-order valence-electron chi connectivity index (χ3n) is 8.83. The summed E-state index contributed by atoms with van der Waals surface area (Å²) in [7, 11) is 1.40. The minimum atomic E-state index is -0.578. The number of nitrogens with one attached hydrogen (secondary N) is 1. The van der Waals surface area contributed by atoms with Crippen molar-refractivity contribution < 1.29 is 14.3 Å². The van der Waals surface area contributed by atoms with E-state index >= 15 is 0 Å². The van der Waals surface area contributed by atoms with E-state index in [1.807, 2.05) is 85.9 Å². The van der Waals surface area contributed by atoms with Crippen molar-refractivity contribution in [2.24, 2.45) is 5.92 Å². The molecule has 226 valence electrons. The Morgan fingerprint density at radius 2 is 1.76 bits per heavy atom. The highest BCUT2D eigenvalue weighted by Crippen LogP contribution is 2.33. The smallest absolute Gasteiger partial charge is 0.317 e. The molecule has 0 spiro atoms. The van der Waals surface area contributed by atoms with E-state index in [0.717, 1.165) is 61.7 Å². The molecule has 0 bridgehead atoms. The monoisotopic (exact) mass is 614 g/mol. The van der Waals surface area contributed by atoms with E-state index in [2.05, 4.69) is 30.4 Å². The van der Waals surface area contributed by atoms with E-state index in [1.54, 1.807) is 6.07 Å². The fraction of sp³-hybridized carbons (Fsp3) is 0.179. The summed E-state index contributed by atoms with van der Waals surface area (Å²) in [5.41, 5.74) is 13.2. The van der Waals surface area contributed by atoms with Crippen molar-refractivity contribution in [2.75, 3.05) is 18.2 Å². The zero-order valence-corrected chi connectivity index (χ0v) is 26.3. The van der Waals surface area contributed by atoms with E-state index in [4.69, 9.17) is 22.1 Å². The van der Waals surface area contributed by atoms with Gasteiger partial charge in [-0.3, -0.25) is 9.59 Å². The van der Waals surface area contributed by atoms with Gasteiger partial charge in [0.2, 0.25) is 0 Å². The molecule has 0 aromatic heterocycles. The van der Waals surface area contributed by atoms with Gasteiger partial charge in [0.05, 0.1) is 7.11 Å². The Bertz CT molecular complexity index is 2130. The van der Waals surface area contributed by atoms with Crippen LogP contribution in [-0.2, 0) is 16.0 Å². The van der Waals surface area contributed by atoms with Gasteiger partial charge in [-0.15, -0.1) is 0 Å². The summed E-state index contributed by atoms with van der Waals surface area (Å²) in [4.78, 5) is 26.7. The second-order valence-corrected chi connectivity index (χ2v) is 12.0. The van der Waals surface area contributed by atoms with Crippen molar-refractivity contribution in [1.82, 2.24) is 0 Å². The number of ketones is 1. The number of allylic oxidation sites excluding steroid dienone is 2. The molecule has 1 heterocycles. The molecular weight excluding hydrogens is 580 g/mol. The molecule has 0 saturated heterocycles. The van der Waals surface area contributed by atoms with Gasteiger partial charge >= 0.3 is 5.97 Å². The zero-order chi connectivity index (χ0) is 31.7. The lowest BCUT2D eigenvalue weighted by Gasteiger charge is -2.27. The number of hydrogen-bond acceptors (Lipinski definition) is 5. The van der Waals surface area contributed by atoms with E-state index < -0.39 is 5.92 Å². The molecule has 2 unspecified atom stereocenters. The molecule has 4 aromatic rings. The van der Waals surface area contributed by atoms with Crippen LogP contribution in [0, 0.1) is 23.3 Å². The van der Waals surface area contributed by atoms with Gasteiger partial charge in [-0.2, -0.15) is 0 Å². The van der Waals surface area contributed by atoms with Gasteiger partial charge in [0, 0.05) is 33.7 Å². The standard InChI is InChI=1S/C29H26ClNO3.C10H9N/c1-15-7-9-22-21(26(15)28(32)18-10-8-17(31)13-16(18)2)12-11-20-19-5-4-6-25(30)23(19)14-24(27(20)22)29(33)34-3;1-2-7-10-9(5-1)6-3-4-8-11-10/h4-6,8,10-15,24H,7,9,31H2,1-3H3;1-8,11H. The highest BCUT2D eigenvalue weighted by Gasteiger charge is 2.31. The van der Waals surface area contributed by atoms with Crippen LogP contribution in [0.1, 0.15) is 51.9 Å². The molecule has 2 atom stereocenters. The van der Waals surface area contributed by atoms with Crippen LogP contribution in [0.15, 0.2) is 91.1 Å². The van der Waals surface area contributed by atoms with Gasteiger partial charge in [0.25, 0.3) is 0 Å². The number of para-hydroxylation sites is 1. The van der Waals surface area contributed by atoms with Crippen LogP contribution in [0.3, 0.4) is 0 Å². The lowest BCUT2D eigenvalue weighted by molar-refractivity contribution is -0.140. The van der Waals surface area contributed by atoms with Crippen molar-refractivity contribution >= 4 is 52.5 Å². The highest BCUT2D eigenvalue weighted by atomic mass is 35.5. The summed E-state index contributed by atoms with van der Waals surface area (Å²) < 4.78 is 5.19. The molecule has 6 heteroatoms. The van der Waals surface area contributed by atoms with Crippen LogP contribution >= 0.6 is 11.6 Å². The third kappa shape index (κ3) is 5.72. The molecule has 45 heavy (non-hydrogen) atoms. The first kappa shape index (κ1) is 30.2. The summed E-state index contributed by atoms with van der Waals surface area (Å²) in [5, 5.41) is 7.51. The molecule has 2 aliphatic carbocycles. The number of halogens is 1. The van der Waals surface area contributed by atoms with Crippen molar-refractivity contribution in [3.8, 4) is 0 Å². The van der Waals surface area contributed by atoms with Gasteiger partial charge in [-0.05, 0) is 105 Å². The quantitative estimate of drug-likeness (QED) is 0.150. The normalized spacial score (nSPS) is 17.1. The number of carbonyl (C=O) groups excluding carboxylic acids is 2. The maximum absolute atomic E-state index is 13.8. The average molecular weight is 615 g/mol. The number of methoxy groups -OCH3 is 1. The maximum atomic E-state index is 13.8. The number of carbonyl (C=O) groups is 2. The SMILES string of the molecule is C1=CNc2ccccc2C=C1.COC(=O)C1C=c2c(Cl)cccc2=c2ccc3c(c21)CCC(C)C=3C(=O)c1ccc(N)cc1C. The van der Waals surface area contributed by atoms with Crippen LogP contribution < -0.4 is 21.5 Å². The number of anilines is 2. The molecule has 7 rings (SSSR count). The van der Waals surface area contributed by atoms with Gasteiger partial charge in [-0.1, -0.05) is 79.2 Å². The van der Waals surface area contributed by atoms with Gasteiger partial charge in [0.15, 0.2) is 5.78 Å². The van der Waals surface area contributed by atoms with E-state index in [-0.39, 0.29) is 17.7 Å². The Morgan fingerprint density at radius 3 is 2.56 bits per heavy atom. The van der Waals surface area contributed by atoms with Crippen LogP contribution in [0.5, 0.6) is 0 Å². The third-order valence-corrected chi connectivity index (χ3v) is 9.16. The van der Waals surface area contributed by atoms with E-state index in [1.165, 1.54) is 12.7 Å². The Hall–Kier alpha value is -4.87. The van der Waals surface area contributed by atoms with Crippen molar-refractivity contribution in [2.45, 2.75) is 32.6 Å². The molecule has 0 fully saturated rings. The summed E-state index contributed by atoms with van der Waals surface area (Å²) in [6, 6.07) is 23.5. The van der Waals surface area contributed by atoms with Gasteiger partial charge < -0.3 is 15.8 Å². The topological polar surface area (TPSA) is 81.4 Å². The first-order valence-electron chi connectivity index (χ1n) is 15.1. The van der Waals surface area contributed by atoms with Gasteiger partial charge in [-0.25, -0.2) is 0 Å². The number of Topliss-reactive ketones (excluding diaryl/α,β-unsaturated/α-hetero) is 1. The number of nitrogens with two attached hydrogens (primary N) is 1. The first-order chi connectivity index (χ1) is 21.8. The lowest BCUT2D eigenvalue weighted by atomic mass is 9.76. The number of esters is 1. The Morgan fingerprint density at radius 1 is 0.956 bits per heavy atom. The molecule has 0 radical (unpaired) electrons. The number of hydrogen-bond donors (Lipinski definition) is 2. The summed E-state index contributed by atoms with van der Waals surface area (Å²) in [6.07, 6.45) is 11.5. The van der Waals surface area contributed by atoms with Crippen LogP contribution in [-0.4, -0.2) is 18.9 Å². The maximum Gasteiger partial charge on any atom is 0.317 e. The predicted octanol–water partition coefficient (Wildman–Crippen LogP) is 6.82. The summed E-state index contributed by atoms with van der Waals surface area (Å²) in [6.45, 7) is 4.01. The molecule has 3 N–H and O–H groups in total. The molecule has 0 amide bonds. The molecule has 5 nitrogen and oxygen atoms in total. The lowest BCUT2D eigenvalue weighted by Crippen LogP contribution is -2.32. The first-order valence-corrected chi connectivity index (χ1v) is 15.5.